The summed E-state index contributed by atoms with van der Waals surface area (Å²) in [7, 11) is 0. The number of benzene rings is 1. The lowest BCUT2D eigenvalue weighted by Crippen LogP contribution is -2.42. The zero-order chi connectivity index (χ0) is 13.9. The van der Waals surface area contributed by atoms with Gasteiger partial charge in [-0.2, -0.15) is 0 Å². The van der Waals surface area contributed by atoms with Crippen LogP contribution in [0.1, 0.15) is 27.2 Å². The molecule has 4 heteroatoms. The maximum Gasteiger partial charge on any atom is 0.407 e. The average molecular weight is 262 g/mol. The Morgan fingerprint density at radius 2 is 2.00 bits per heavy atom. The molecule has 0 bridgehead atoms. The summed E-state index contributed by atoms with van der Waals surface area (Å²) in [6.45, 7) is 7.52. The normalized spacial score (nSPS) is 19.3. The first kappa shape index (κ1) is 13.7. The van der Waals surface area contributed by atoms with E-state index in [0.717, 1.165) is 19.5 Å². The van der Waals surface area contributed by atoms with E-state index >= 15 is 0 Å². The van der Waals surface area contributed by atoms with Crippen LogP contribution in [0.3, 0.4) is 0 Å². The van der Waals surface area contributed by atoms with Crippen molar-refractivity contribution in [2.45, 2.75) is 38.8 Å². The number of amides is 1. The molecule has 1 aromatic carbocycles. The summed E-state index contributed by atoms with van der Waals surface area (Å²) < 4.78 is 5.45. The zero-order valence-corrected chi connectivity index (χ0v) is 11.8. The molecule has 19 heavy (non-hydrogen) atoms. The maximum absolute atomic E-state index is 11.7. The number of alkyl carbamates (subject to hydrolysis) is 1. The van der Waals surface area contributed by atoms with Crippen molar-refractivity contribution in [1.29, 1.82) is 0 Å². The number of carbonyl (C=O) groups excluding carboxylic acids is 1. The van der Waals surface area contributed by atoms with Crippen molar-refractivity contribution in [1.82, 2.24) is 5.32 Å². The molecule has 1 saturated heterocycles. The van der Waals surface area contributed by atoms with Gasteiger partial charge in [-0.15, -0.1) is 0 Å². The van der Waals surface area contributed by atoms with E-state index in [4.69, 9.17) is 4.74 Å². The molecule has 104 valence electrons. The Morgan fingerprint density at radius 3 is 2.63 bits per heavy atom. The molecule has 0 radical (unpaired) electrons. The van der Waals surface area contributed by atoms with Crippen molar-refractivity contribution in [3.05, 3.63) is 30.3 Å². The average Bonchev–Trinajstić information content (AvgIpc) is 2.76. The molecule has 0 aliphatic carbocycles. The molecule has 4 nitrogen and oxygen atoms in total. The zero-order valence-electron chi connectivity index (χ0n) is 11.8. The van der Waals surface area contributed by atoms with Crippen molar-refractivity contribution in [2.75, 3.05) is 18.0 Å². The summed E-state index contributed by atoms with van der Waals surface area (Å²) in [5.74, 6) is 0. The Morgan fingerprint density at radius 1 is 1.32 bits per heavy atom. The maximum atomic E-state index is 11.7. The van der Waals surface area contributed by atoms with Crippen molar-refractivity contribution >= 4 is 11.8 Å². The van der Waals surface area contributed by atoms with E-state index in [1.165, 1.54) is 5.69 Å². The smallest absolute Gasteiger partial charge is 0.407 e. The molecule has 1 aliphatic heterocycles. The monoisotopic (exact) mass is 262 g/mol. The van der Waals surface area contributed by atoms with Crippen LogP contribution in [0.4, 0.5) is 10.5 Å². The molecule has 1 aromatic rings. The standard InChI is InChI=1S/C15H22N2O2/c1-15(2,3)16-14(18)19-13-9-10-17(11-13)12-7-5-4-6-8-12/h4-8,13H,9-11H2,1-3H3,(H,16,18). The highest BCUT2D eigenvalue weighted by Crippen LogP contribution is 2.21. The third-order valence-electron chi connectivity index (χ3n) is 3.02. The molecule has 0 spiro atoms. The van der Waals surface area contributed by atoms with E-state index < -0.39 is 0 Å². The van der Waals surface area contributed by atoms with Crippen LogP contribution in [0.15, 0.2) is 30.3 Å². The number of nitrogens with zero attached hydrogens (tertiary/aromatic N) is 1. The van der Waals surface area contributed by atoms with Gasteiger partial charge in [0.2, 0.25) is 0 Å². The van der Waals surface area contributed by atoms with Gasteiger partial charge in [-0.05, 0) is 32.9 Å². The Labute approximate surface area is 114 Å². The molecular weight excluding hydrogens is 240 g/mol. The first-order chi connectivity index (χ1) is 8.94. The van der Waals surface area contributed by atoms with Gasteiger partial charge in [0, 0.05) is 24.2 Å². The van der Waals surface area contributed by atoms with Crippen LogP contribution in [0.2, 0.25) is 0 Å². The van der Waals surface area contributed by atoms with Gasteiger partial charge >= 0.3 is 6.09 Å². The van der Waals surface area contributed by atoms with Crippen molar-refractivity contribution in [2.24, 2.45) is 0 Å². The lowest BCUT2D eigenvalue weighted by atomic mass is 10.1. The number of anilines is 1. The third-order valence-corrected chi connectivity index (χ3v) is 3.02. The predicted octanol–water partition coefficient (Wildman–Crippen LogP) is 2.79. The minimum absolute atomic E-state index is 0.0254. The fourth-order valence-electron chi connectivity index (χ4n) is 2.18. The van der Waals surface area contributed by atoms with E-state index in [9.17, 15) is 4.79 Å². The van der Waals surface area contributed by atoms with Crippen LogP contribution in [0.5, 0.6) is 0 Å². The van der Waals surface area contributed by atoms with Crippen molar-refractivity contribution in [3.63, 3.8) is 0 Å². The van der Waals surface area contributed by atoms with Gasteiger partial charge in [-0.1, -0.05) is 18.2 Å². The number of rotatable bonds is 2. The second kappa shape index (κ2) is 5.51. The minimum Gasteiger partial charge on any atom is -0.444 e. The van der Waals surface area contributed by atoms with E-state index in [2.05, 4.69) is 22.3 Å². The predicted molar refractivity (Wildman–Crippen MR) is 76.4 cm³/mol. The molecule has 1 heterocycles. The number of nitrogens with one attached hydrogen (secondary N) is 1. The molecule has 1 amide bonds. The number of para-hydroxylation sites is 1. The number of carbonyl (C=O) groups is 1. The molecule has 1 aliphatic rings. The summed E-state index contributed by atoms with van der Waals surface area (Å²) in [6.07, 6.45) is 0.530. The Kier molecular flexibility index (Phi) is 3.98. The first-order valence-electron chi connectivity index (χ1n) is 6.73. The Bertz CT molecular complexity index is 426. The van der Waals surface area contributed by atoms with E-state index in [0.29, 0.717) is 0 Å². The topological polar surface area (TPSA) is 41.6 Å². The molecule has 0 saturated carbocycles. The van der Waals surface area contributed by atoms with Crippen LogP contribution in [0, 0.1) is 0 Å². The third kappa shape index (κ3) is 4.16. The van der Waals surface area contributed by atoms with Gasteiger partial charge in [-0.3, -0.25) is 0 Å². The number of ether oxygens (including phenoxy) is 1. The molecule has 1 unspecified atom stereocenters. The summed E-state index contributed by atoms with van der Waals surface area (Å²) in [4.78, 5) is 14.0. The second-order valence-electron chi connectivity index (χ2n) is 5.97. The highest BCUT2D eigenvalue weighted by Gasteiger charge is 2.26. The van der Waals surface area contributed by atoms with Crippen LogP contribution in [-0.4, -0.2) is 30.8 Å². The van der Waals surface area contributed by atoms with Crippen LogP contribution >= 0.6 is 0 Å². The Balaban J connectivity index is 1.84. The van der Waals surface area contributed by atoms with E-state index in [1.54, 1.807) is 0 Å². The van der Waals surface area contributed by atoms with Gasteiger partial charge < -0.3 is 15.0 Å². The molecule has 0 aromatic heterocycles. The summed E-state index contributed by atoms with van der Waals surface area (Å²) in [5.41, 5.74) is 0.930. The van der Waals surface area contributed by atoms with Crippen LogP contribution in [0.25, 0.3) is 0 Å². The minimum atomic E-state index is -0.326. The van der Waals surface area contributed by atoms with Crippen LogP contribution in [-0.2, 0) is 4.74 Å². The van der Waals surface area contributed by atoms with Gasteiger partial charge in [0.1, 0.15) is 6.10 Å². The summed E-state index contributed by atoms with van der Waals surface area (Å²) in [5, 5.41) is 2.82. The van der Waals surface area contributed by atoms with E-state index in [1.807, 2.05) is 39.0 Å². The second-order valence-corrected chi connectivity index (χ2v) is 5.97. The highest BCUT2D eigenvalue weighted by atomic mass is 16.6. The lowest BCUT2D eigenvalue weighted by Gasteiger charge is -2.22. The Hall–Kier alpha value is -1.71. The van der Waals surface area contributed by atoms with Gasteiger partial charge in [0.15, 0.2) is 0 Å². The fraction of sp³-hybridized carbons (Fsp3) is 0.533. The summed E-state index contributed by atoms with van der Waals surface area (Å²) in [6, 6.07) is 10.2. The van der Waals surface area contributed by atoms with Gasteiger partial charge in [0.25, 0.3) is 0 Å². The van der Waals surface area contributed by atoms with Gasteiger partial charge in [0.05, 0.1) is 6.54 Å². The van der Waals surface area contributed by atoms with Crippen LogP contribution < -0.4 is 10.2 Å². The molecule has 1 N–H and O–H groups in total. The quantitative estimate of drug-likeness (QED) is 0.891. The lowest BCUT2D eigenvalue weighted by molar-refractivity contribution is 0.101. The summed E-state index contributed by atoms with van der Waals surface area (Å²) >= 11 is 0. The number of hydrogen-bond acceptors (Lipinski definition) is 3. The molecule has 1 fully saturated rings. The van der Waals surface area contributed by atoms with E-state index in [-0.39, 0.29) is 17.7 Å². The SMILES string of the molecule is CC(C)(C)NC(=O)OC1CCN(c2ccccc2)C1. The number of hydrogen-bond donors (Lipinski definition) is 1. The molecular formula is C15H22N2O2. The largest absolute Gasteiger partial charge is 0.444 e. The van der Waals surface area contributed by atoms with Crippen molar-refractivity contribution in [3.8, 4) is 0 Å². The van der Waals surface area contributed by atoms with Gasteiger partial charge in [-0.25, -0.2) is 4.79 Å². The van der Waals surface area contributed by atoms with Crippen molar-refractivity contribution < 1.29 is 9.53 Å². The fourth-order valence-corrected chi connectivity index (χ4v) is 2.18. The molecule has 2 rings (SSSR count). The first-order valence-corrected chi connectivity index (χ1v) is 6.73. The highest BCUT2D eigenvalue weighted by molar-refractivity contribution is 5.68. The molecule has 1 atom stereocenters.